The lowest BCUT2D eigenvalue weighted by molar-refractivity contribution is 0.0817. The van der Waals surface area contributed by atoms with E-state index >= 15 is 0 Å². The molecule has 0 spiro atoms. The fourth-order valence-corrected chi connectivity index (χ4v) is 1.78. The van der Waals surface area contributed by atoms with Crippen LogP contribution in [0.4, 0.5) is 0 Å². The summed E-state index contributed by atoms with van der Waals surface area (Å²) in [6.07, 6.45) is 4.12. The van der Waals surface area contributed by atoms with Crippen LogP contribution in [0.25, 0.3) is 0 Å². The van der Waals surface area contributed by atoms with Crippen molar-refractivity contribution in [3.05, 3.63) is 22.4 Å². The van der Waals surface area contributed by atoms with Gasteiger partial charge in [-0.15, -0.1) is 0 Å². The Bertz CT molecular complexity index is 221. The normalized spacial score (nSPS) is 29.3. The maximum atomic E-state index is 5.28. The van der Waals surface area contributed by atoms with Crippen LogP contribution in [0.2, 0.25) is 0 Å². The molecule has 1 rings (SSSR count). The molecular formula is C9H13BrO2. The van der Waals surface area contributed by atoms with Gasteiger partial charge < -0.3 is 9.47 Å². The summed E-state index contributed by atoms with van der Waals surface area (Å²) in [4.78, 5) is 0. The standard InChI is InChI=1S/C9H13BrO2/c1-6-8(11-2)4-7(10)5-9(6)12-3/h4-6,8H,1-3H3. The Kier molecular flexibility index (Phi) is 3.35. The zero-order chi connectivity index (χ0) is 9.14. The van der Waals surface area contributed by atoms with Gasteiger partial charge in [0.1, 0.15) is 5.76 Å². The van der Waals surface area contributed by atoms with Crippen LogP contribution < -0.4 is 0 Å². The number of methoxy groups -OCH3 is 2. The van der Waals surface area contributed by atoms with Gasteiger partial charge in [-0.3, -0.25) is 0 Å². The lowest BCUT2D eigenvalue weighted by atomic mass is 9.97. The zero-order valence-corrected chi connectivity index (χ0v) is 9.09. The van der Waals surface area contributed by atoms with Crippen molar-refractivity contribution in [2.24, 2.45) is 5.92 Å². The van der Waals surface area contributed by atoms with E-state index in [0.29, 0.717) is 5.92 Å². The highest BCUT2D eigenvalue weighted by atomic mass is 79.9. The Hall–Kier alpha value is -0.280. The molecule has 0 saturated carbocycles. The van der Waals surface area contributed by atoms with E-state index in [9.17, 15) is 0 Å². The third-order valence-electron chi connectivity index (χ3n) is 2.05. The van der Waals surface area contributed by atoms with Gasteiger partial charge in [0, 0.05) is 17.5 Å². The highest BCUT2D eigenvalue weighted by Crippen LogP contribution is 2.28. The summed E-state index contributed by atoms with van der Waals surface area (Å²) in [5.74, 6) is 1.25. The molecule has 1 aliphatic carbocycles. The third-order valence-corrected chi connectivity index (χ3v) is 2.55. The monoisotopic (exact) mass is 232 g/mol. The van der Waals surface area contributed by atoms with Crippen LogP contribution in [0.1, 0.15) is 6.92 Å². The summed E-state index contributed by atoms with van der Waals surface area (Å²) in [7, 11) is 3.39. The van der Waals surface area contributed by atoms with Crippen LogP contribution in [-0.4, -0.2) is 20.3 Å². The second-order valence-electron chi connectivity index (χ2n) is 2.79. The molecule has 2 unspecified atom stereocenters. The van der Waals surface area contributed by atoms with Crippen LogP contribution in [-0.2, 0) is 9.47 Å². The second kappa shape index (κ2) is 4.10. The molecule has 2 atom stereocenters. The minimum Gasteiger partial charge on any atom is -0.501 e. The molecule has 0 fully saturated rings. The first-order valence-corrected chi connectivity index (χ1v) is 4.64. The van der Waals surface area contributed by atoms with E-state index in [2.05, 4.69) is 22.9 Å². The number of hydrogen-bond acceptors (Lipinski definition) is 2. The fraction of sp³-hybridized carbons (Fsp3) is 0.556. The van der Waals surface area contributed by atoms with Gasteiger partial charge >= 0.3 is 0 Å². The van der Waals surface area contributed by atoms with Crippen LogP contribution in [0, 0.1) is 5.92 Å². The van der Waals surface area contributed by atoms with Crippen molar-refractivity contribution in [2.45, 2.75) is 13.0 Å². The summed E-state index contributed by atoms with van der Waals surface area (Å²) < 4.78 is 11.5. The number of hydrogen-bond donors (Lipinski definition) is 0. The van der Waals surface area contributed by atoms with Gasteiger partial charge in [0.25, 0.3) is 0 Å². The minimum atomic E-state index is 0.110. The van der Waals surface area contributed by atoms with Gasteiger partial charge in [-0.2, -0.15) is 0 Å². The molecule has 0 saturated heterocycles. The van der Waals surface area contributed by atoms with E-state index in [4.69, 9.17) is 9.47 Å². The predicted molar refractivity (Wildman–Crippen MR) is 52.1 cm³/mol. The summed E-state index contributed by atoms with van der Waals surface area (Å²) in [6, 6.07) is 0. The van der Waals surface area contributed by atoms with E-state index in [0.717, 1.165) is 10.2 Å². The van der Waals surface area contributed by atoms with E-state index in [1.165, 1.54) is 0 Å². The Morgan fingerprint density at radius 1 is 1.42 bits per heavy atom. The quantitative estimate of drug-likeness (QED) is 0.729. The Balaban J connectivity index is 2.83. The third kappa shape index (κ3) is 1.90. The second-order valence-corrected chi connectivity index (χ2v) is 3.71. The molecule has 1 aliphatic rings. The molecule has 0 aliphatic heterocycles. The summed E-state index contributed by atoms with van der Waals surface area (Å²) in [5, 5.41) is 0. The van der Waals surface area contributed by atoms with Crippen molar-refractivity contribution < 1.29 is 9.47 Å². The highest BCUT2D eigenvalue weighted by Gasteiger charge is 2.23. The first kappa shape index (κ1) is 9.81. The number of halogens is 1. The largest absolute Gasteiger partial charge is 0.501 e. The molecule has 0 radical (unpaired) electrons. The average molecular weight is 233 g/mol. The Labute approximate surface area is 81.4 Å². The molecule has 0 heterocycles. The molecule has 0 bridgehead atoms. The first-order valence-electron chi connectivity index (χ1n) is 3.84. The van der Waals surface area contributed by atoms with Crippen molar-refractivity contribution in [3.8, 4) is 0 Å². The van der Waals surface area contributed by atoms with Crippen molar-refractivity contribution in [2.75, 3.05) is 14.2 Å². The van der Waals surface area contributed by atoms with Crippen molar-refractivity contribution >= 4 is 15.9 Å². The molecular weight excluding hydrogens is 220 g/mol. The summed E-state index contributed by atoms with van der Waals surface area (Å²) in [5.41, 5.74) is 0. The molecule has 0 aromatic heterocycles. The zero-order valence-electron chi connectivity index (χ0n) is 7.50. The van der Waals surface area contributed by atoms with Crippen LogP contribution in [0.5, 0.6) is 0 Å². The van der Waals surface area contributed by atoms with E-state index < -0.39 is 0 Å². The lowest BCUT2D eigenvalue weighted by Gasteiger charge is -2.25. The van der Waals surface area contributed by atoms with Crippen molar-refractivity contribution in [3.63, 3.8) is 0 Å². The molecule has 0 N–H and O–H groups in total. The van der Waals surface area contributed by atoms with Gasteiger partial charge in [0.15, 0.2) is 0 Å². The molecule has 3 heteroatoms. The van der Waals surface area contributed by atoms with Crippen molar-refractivity contribution in [1.29, 1.82) is 0 Å². The smallest absolute Gasteiger partial charge is 0.102 e. The number of allylic oxidation sites excluding steroid dienone is 2. The molecule has 0 aromatic carbocycles. The Morgan fingerprint density at radius 2 is 2.08 bits per heavy atom. The van der Waals surface area contributed by atoms with Gasteiger partial charge in [-0.25, -0.2) is 0 Å². The molecule has 0 aromatic rings. The first-order chi connectivity index (χ1) is 5.69. The average Bonchev–Trinajstić information content (AvgIpc) is 2.08. The van der Waals surface area contributed by atoms with Crippen LogP contribution in [0.3, 0.4) is 0 Å². The molecule has 2 nitrogen and oxygen atoms in total. The predicted octanol–water partition coefficient (Wildman–Crippen LogP) is 2.46. The van der Waals surface area contributed by atoms with Gasteiger partial charge in [0.2, 0.25) is 0 Å². The maximum Gasteiger partial charge on any atom is 0.102 e. The Morgan fingerprint density at radius 3 is 2.58 bits per heavy atom. The lowest BCUT2D eigenvalue weighted by Crippen LogP contribution is -2.23. The molecule has 68 valence electrons. The minimum absolute atomic E-state index is 0.110. The number of ether oxygens (including phenoxy) is 2. The fourth-order valence-electron chi connectivity index (χ4n) is 1.30. The van der Waals surface area contributed by atoms with Crippen LogP contribution in [0.15, 0.2) is 22.4 Å². The van der Waals surface area contributed by atoms with Gasteiger partial charge in [-0.1, -0.05) is 22.9 Å². The van der Waals surface area contributed by atoms with E-state index in [1.54, 1.807) is 14.2 Å². The van der Waals surface area contributed by atoms with Crippen LogP contribution >= 0.6 is 15.9 Å². The topological polar surface area (TPSA) is 18.5 Å². The summed E-state index contributed by atoms with van der Waals surface area (Å²) in [6.45, 7) is 2.08. The van der Waals surface area contributed by atoms with E-state index in [1.807, 2.05) is 12.2 Å². The molecule has 12 heavy (non-hydrogen) atoms. The SMILES string of the molecule is COC1=CC(Br)=CC(OC)C1C. The van der Waals surface area contributed by atoms with Gasteiger partial charge in [0.05, 0.1) is 13.2 Å². The highest BCUT2D eigenvalue weighted by molar-refractivity contribution is 9.11. The van der Waals surface area contributed by atoms with Gasteiger partial charge in [-0.05, 0) is 12.2 Å². The van der Waals surface area contributed by atoms with Crippen molar-refractivity contribution in [1.82, 2.24) is 0 Å². The van der Waals surface area contributed by atoms with E-state index in [-0.39, 0.29) is 6.10 Å². The summed E-state index contributed by atoms with van der Waals surface area (Å²) >= 11 is 3.40. The molecule has 0 amide bonds. The maximum absolute atomic E-state index is 5.28. The number of rotatable bonds is 2.